The molecular formula is C22H12Br2. The topological polar surface area (TPSA) is 0 Å². The van der Waals surface area contributed by atoms with Gasteiger partial charge in [-0.05, 0) is 46.5 Å². The Morgan fingerprint density at radius 3 is 1.29 bits per heavy atom. The lowest BCUT2D eigenvalue weighted by molar-refractivity contribution is 1.53. The molecule has 0 N–H and O–H groups in total. The van der Waals surface area contributed by atoms with Crippen LogP contribution in [0.4, 0.5) is 0 Å². The number of hydrogen-bond donors (Lipinski definition) is 0. The molecule has 0 nitrogen and oxygen atoms in total. The predicted octanol–water partition coefficient (Wildman–Crippen LogP) is 6.51. The van der Waals surface area contributed by atoms with E-state index in [4.69, 9.17) is 12.8 Å². The highest BCUT2D eigenvalue weighted by Crippen LogP contribution is 2.30. The van der Waals surface area contributed by atoms with E-state index in [1.54, 1.807) is 0 Å². The molecule has 0 aliphatic carbocycles. The van der Waals surface area contributed by atoms with E-state index in [-0.39, 0.29) is 0 Å². The van der Waals surface area contributed by atoms with Gasteiger partial charge in [-0.15, -0.1) is 12.8 Å². The second-order valence-corrected chi connectivity index (χ2v) is 7.08. The summed E-state index contributed by atoms with van der Waals surface area (Å²) in [6.45, 7) is 0. The number of benzene rings is 3. The molecule has 0 aromatic heterocycles. The Balaban J connectivity index is 2.04. The SMILES string of the molecule is C#Cc1cc(Br)ccc1-c1ccc(-c2ccc(Br)cc2C#C)cc1. The van der Waals surface area contributed by atoms with Gasteiger partial charge >= 0.3 is 0 Å². The third-order valence-corrected chi connectivity index (χ3v) is 4.77. The van der Waals surface area contributed by atoms with E-state index in [1.165, 1.54) is 0 Å². The van der Waals surface area contributed by atoms with Gasteiger partial charge in [0.15, 0.2) is 0 Å². The van der Waals surface area contributed by atoms with Crippen LogP contribution in [0.1, 0.15) is 11.1 Å². The molecule has 0 radical (unpaired) electrons. The number of rotatable bonds is 2. The van der Waals surface area contributed by atoms with Crippen molar-refractivity contribution in [1.82, 2.24) is 0 Å². The maximum absolute atomic E-state index is 5.63. The second-order valence-electron chi connectivity index (χ2n) is 5.25. The zero-order valence-corrected chi connectivity index (χ0v) is 15.9. The molecule has 0 atom stereocenters. The quantitative estimate of drug-likeness (QED) is 0.402. The molecule has 3 aromatic carbocycles. The molecule has 0 fully saturated rings. The van der Waals surface area contributed by atoms with Gasteiger partial charge in [0.2, 0.25) is 0 Å². The van der Waals surface area contributed by atoms with Crippen LogP contribution < -0.4 is 0 Å². The van der Waals surface area contributed by atoms with Crippen molar-refractivity contribution in [2.75, 3.05) is 0 Å². The number of halogens is 2. The average Bonchev–Trinajstić information content (AvgIpc) is 2.61. The van der Waals surface area contributed by atoms with Crippen LogP contribution in [-0.4, -0.2) is 0 Å². The summed E-state index contributed by atoms with van der Waals surface area (Å²) in [6, 6.07) is 20.2. The van der Waals surface area contributed by atoms with E-state index in [0.717, 1.165) is 42.3 Å². The Kier molecular flexibility index (Phi) is 4.91. The Bertz CT molecular complexity index is 901. The summed E-state index contributed by atoms with van der Waals surface area (Å²) >= 11 is 6.91. The van der Waals surface area contributed by atoms with E-state index in [2.05, 4.69) is 68.0 Å². The number of hydrogen-bond acceptors (Lipinski definition) is 0. The summed E-state index contributed by atoms with van der Waals surface area (Å²) in [7, 11) is 0. The molecule has 0 saturated heterocycles. The zero-order valence-electron chi connectivity index (χ0n) is 12.7. The molecule has 0 aliphatic rings. The summed E-state index contributed by atoms with van der Waals surface area (Å²) in [5.74, 6) is 5.49. The maximum atomic E-state index is 5.63. The van der Waals surface area contributed by atoms with E-state index in [1.807, 2.05) is 36.4 Å². The minimum absolute atomic E-state index is 0.866. The van der Waals surface area contributed by atoms with Crippen LogP contribution in [0.3, 0.4) is 0 Å². The van der Waals surface area contributed by atoms with Crippen LogP contribution in [0.25, 0.3) is 22.3 Å². The van der Waals surface area contributed by atoms with E-state index >= 15 is 0 Å². The fourth-order valence-corrected chi connectivity index (χ4v) is 3.33. The first-order valence-electron chi connectivity index (χ1n) is 7.25. The van der Waals surface area contributed by atoms with Crippen molar-refractivity contribution in [2.24, 2.45) is 0 Å². The third kappa shape index (κ3) is 3.31. The lowest BCUT2D eigenvalue weighted by atomic mass is 9.95. The Labute approximate surface area is 159 Å². The molecule has 0 aliphatic heterocycles. The van der Waals surface area contributed by atoms with Crippen molar-refractivity contribution < 1.29 is 0 Å². The van der Waals surface area contributed by atoms with Crippen LogP contribution in [0.2, 0.25) is 0 Å². The highest BCUT2D eigenvalue weighted by Gasteiger charge is 2.07. The normalized spacial score (nSPS) is 10.0. The second kappa shape index (κ2) is 7.10. The lowest BCUT2D eigenvalue weighted by Crippen LogP contribution is -1.87. The smallest absolute Gasteiger partial charge is 0.0332 e. The average molecular weight is 436 g/mol. The van der Waals surface area contributed by atoms with Crippen LogP contribution in [0, 0.1) is 24.7 Å². The van der Waals surface area contributed by atoms with E-state index in [9.17, 15) is 0 Å². The van der Waals surface area contributed by atoms with Crippen molar-refractivity contribution in [3.8, 4) is 46.9 Å². The molecule has 3 rings (SSSR count). The molecule has 0 saturated carbocycles. The molecule has 24 heavy (non-hydrogen) atoms. The molecule has 0 unspecified atom stereocenters. The standard InChI is InChI=1S/C22H12Br2/c1-3-15-13-19(23)9-11-21(15)17-5-7-18(8-6-17)22-12-10-20(24)14-16(22)4-2/h1-2,5-14H. The van der Waals surface area contributed by atoms with Crippen molar-refractivity contribution in [1.29, 1.82) is 0 Å². The van der Waals surface area contributed by atoms with Crippen LogP contribution in [0.5, 0.6) is 0 Å². The number of terminal acetylenes is 2. The van der Waals surface area contributed by atoms with Gasteiger partial charge in [0, 0.05) is 20.1 Å². The molecule has 0 heterocycles. The van der Waals surface area contributed by atoms with E-state index < -0.39 is 0 Å². The van der Waals surface area contributed by atoms with E-state index in [0.29, 0.717) is 0 Å². The van der Waals surface area contributed by atoms with Crippen LogP contribution in [-0.2, 0) is 0 Å². The largest absolute Gasteiger partial charge is 0.115 e. The van der Waals surface area contributed by atoms with Crippen molar-refractivity contribution >= 4 is 31.9 Å². The molecule has 114 valence electrons. The Hall–Kier alpha value is -2.26. The van der Waals surface area contributed by atoms with Gasteiger partial charge in [-0.2, -0.15) is 0 Å². The lowest BCUT2D eigenvalue weighted by Gasteiger charge is -2.09. The van der Waals surface area contributed by atoms with Crippen LogP contribution >= 0.6 is 31.9 Å². The molecule has 0 bridgehead atoms. The molecule has 0 amide bonds. The predicted molar refractivity (Wildman–Crippen MR) is 109 cm³/mol. The molecule has 2 heteroatoms. The fourth-order valence-electron chi connectivity index (χ4n) is 2.60. The van der Waals surface area contributed by atoms with Gasteiger partial charge in [0.25, 0.3) is 0 Å². The minimum atomic E-state index is 0.866. The minimum Gasteiger partial charge on any atom is -0.115 e. The first kappa shape index (κ1) is 16.6. The van der Waals surface area contributed by atoms with Crippen molar-refractivity contribution in [3.05, 3.63) is 80.7 Å². The van der Waals surface area contributed by atoms with Gasteiger partial charge < -0.3 is 0 Å². The molecule has 3 aromatic rings. The Morgan fingerprint density at radius 1 is 0.583 bits per heavy atom. The van der Waals surface area contributed by atoms with Gasteiger partial charge in [-0.3, -0.25) is 0 Å². The maximum Gasteiger partial charge on any atom is 0.0332 e. The third-order valence-electron chi connectivity index (χ3n) is 3.78. The summed E-state index contributed by atoms with van der Waals surface area (Å²) in [5, 5.41) is 0. The molecule has 0 spiro atoms. The summed E-state index contributed by atoms with van der Waals surface area (Å²) in [6.07, 6.45) is 11.3. The summed E-state index contributed by atoms with van der Waals surface area (Å²) in [5.41, 5.74) is 5.98. The zero-order chi connectivity index (χ0) is 17.1. The molecular weight excluding hydrogens is 424 g/mol. The van der Waals surface area contributed by atoms with Crippen molar-refractivity contribution in [2.45, 2.75) is 0 Å². The van der Waals surface area contributed by atoms with Crippen LogP contribution in [0.15, 0.2) is 69.6 Å². The fraction of sp³-hybridized carbons (Fsp3) is 0. The van der Waals surface area contributed by atoms with Gasteiger partial charge in [-0.25, -0.2) is 0 Å². The van der Waals surface area contributed by atoms with Gasteiger partial charge in [0.1, 0.15) is 0 Å². The van der Waals surface area contributed by atoms with Gasteiger partial charge in [-0.1, -0.05) is 80.1 Å². The highest BCUT2D eigenvalue weighted by atomic mass is 79.9. The van der Waals surface area contributed by atoms with Gasteiger partial charge in [0.05, 0.1) is 0 Å². The monoisotopic (exact) mass is 434 g/mol. The summed E-state index contributed by atoms with van der Waals surface area (Å²) < 4.78 is 1.95. The first-order valence-corrected chi connectivity index (χ1v) is 8.84. The van der Waals surface area contributed by atoms with Crippen molar-refractivity contribution in [3.63, 3.8) is 0 Å². The highest BCUT2D eigenvalue weighted by molar-refractivity contribution is 9.10. The first-order chi connectivity index (χ1) is 11.6. The summed E-state index contributed by atoms with van der Waals surface area (Å²) in [4.78, 5) is 0. The Morgan fingerprint density at radius 2 is 0.958 bits per heavy atom.